The summed E-state index contributed by atoms with van der Waals surface area (Å²) in [5.41, 5.74) is 5.50. The summed E-state index contributed by atoms with van der Waals surface area (Å²) in [6.45, 7) is 5.62. The molecule has 0 bridgehead atoms. The van der Waals surface area contributed by atoms with Crippen LogP contribution in [0.1, 0.15) is 13.3 Å². The maximum Gasteiger partial charge on any atom is 0.132 e. The molecule has 0 fully saturated rings. The first-order valence-electron chi connectivity index (χ1n) is 5.58. The van der Waals surface area contributed by atoms with Crippen LogP contribution in [-0.4, -0.2) is 23.1 Å². The molecule has 5 heteroatoms. The largest absolute Gasteiger partial charge is 0.487 e. The van der Waals surface area contributed by atoms with E-state index >= 15 is 0 Å². The Bertz CT molecular complexity index is 431. The third-order valence-corrected chi connectivity index (χ3v) is 3.05. The van der Waals surface area contributed by atoms with E-state index in [4.69, 9.17) is 27.3 Å². The zero-order valence-corrected chi connectivity index (χ0v) is 11.0. The molecule has 0 aromatic heterocycles. The van der Waals surface area contributed by atoms with Gasteiger partial charge in [0.15, 0.2) is 0 Å². The zero-order valence-electron chi connectivity index (χ0n) is 10.3. The highest BCUT2D eigenvalue weighted by Crippen LogP contribution is 2.17. The molecule has 3 N–H and O–H groups in total. The molecule has 1 unspecified atom stereocenters. The van der Waals surface area contributed by atoms with E-state index in [1.54, 1.807) is 30.3 Å². The number of ether oxygens (including phenoxy) is 1. The lowest BCUT2D eigenvalue weighted by molar-refractivity contribution is 0.299. The van der Waals surface area contributed by atoms with Crippen LogP contribution in [0.4, 0.5) is 0 Å². The van der Waals surface area contributed by atoms with E-state index in [1.807, 2.05) is 6.92 Å². The van der Waals surface area contributed by atoms with Crippen LogP contribution in [0.25, 0.3) is 0 Å². The van der Waals surface area contributed by atoms with Gasteiger partial charge in [-0.15, -0.1) is 6.58 Å². The highest BCUT2D eigenvalue weighted by molar-refractivity contribution is 6.30. The Labute approximate surface area is 112 Å². The molecule has 98 valence electrons. The van der Waals surface area contributed by atoms with E-state index in [9.17, 15) is 0 Å². The molecule has 0 radical (unpaired) electrons. The highest BCUT2D eigenvalue weighted by Gasteiger charge is 2.27. The Morgan fingerprint density at radius 2 is 2.17 bits per heavy atom. The van der Waals surface area contributed by atoms with Gasteiger partial charge in [0.1, 0.15) is 18.1 Å². The zero-order chi connectivity index (χ0) is 13.6. The summed E-state index contributed by atoms with van der Waals surface area (Å²) in [4.78, 5) is 0. The van der Waals surface area contributed by atoms with Crippen molar-refractivity contribution < 1.29 is 9.94 Å². The molecule has 0 saturated carbocycles. The first kappa shape index (κ1) is 14.5. The number of hydrogen-bond donors (Lipinski definition) is 2. The molecule has 0 aliphatic heterocycles. The third-order valence-electron chi connectivity index (χ3n) is 2.80. The van der Waals surface area contributed by atoms with Crippen molar-refractivity contribution in [1.29, 1.82) is 0 Å². The Balaban J connectivity index is 2.71. The molecule has 0 amide bonds. The summed E-state index contributed by atoms with van der Waals surface area (Å²) in [5.74, 6) is 0.628. The van der Waals surface area contributed by atoms with Gasteiger partial charge < -0.3 is 15.7 Å². The smallest absolute Gasteiger partial charge is 0.132 e. The van der Waals surface area contributed by atoms with Gasteiger partial charge in [0.05, 0.1) is 5.54 Å². The van der Waals surface area contributed by atoms with Gasteiger partial charge in [0, 0.05) is 5.02 Å². The van der Waals surface area contributed by atoms with Crippen molar-refractivity contribution in [2.24, 2.45) is 10.9 Å². The first-order valence-corrected chi connectivity index (χ1v) is 5.95. The van der Waals surface area contributed by atoms with Crippen LogP contribution in [0, 0.1) is 0 Å². The maximum atomic E-state index is 9.01. The minimum absolute atomic E-state index is 0.0918. The summed E-state index contributed by atoms with van der Waals surface area (Å²) in [6.07, 6.45) is 2.12. The van der Waals surface area contributed by atoms with Crippen molar-refractivity contribution in [3.05, 3.63) is 41.9 Å². The summed E-state index contributed by atoms with van der Waals surface area (Å²) in [6, 6.07) is 6.90. The Hall–Kier alpha value is -1.52. The van der Waals surface area contributed by atoms with Crippen LogP contribution in [0.15, 0.2) is 42.1 Å². The molecular formula is C13H17ClN2O2. The molecule has 1 rings (SSSR count). The first-order chi connectivity index (χ1) is 8.55. The van der Waals surface area contributed by atoms with Gasteiger partial charge in [0.25, 0.3) is 0 Å². The van der Waals surface area contributed by atoms with Crippen molar-refractivity contribution in [2.45, 2.75) is 18.9 Å². The minimum Gasteiger partial charge on any atom is -0.487 e. The molecule has 0 aliphatic carbocycles. The normalized spacial score (nSPS) is 14.9. The molecular weight excluding hydrogens is 252 g/mol. The molecule has 0 heterocycles. The number of benzene rings is 1. The monoisotopic (exact) mass is 268 g/mol. The third kappa shape index (κ3) is 3.48. The average Bonchev–Trinajstić information content (AvgIpc) is 2.41. The van der Waals surface area contributed by atoms with E-state index in [2.05, 4.69) is 11.7 Å². The second-order valence-electron chi connectivity index (χ2n) is 3.89. The van der Waals surface area contributed by atoms with Gasteiger partial charge in [-0.3, -0.25) is 0 Å². The molecule has 1 aromatic carbocycles. The van der Waals surface area contributed by atoms with Gasteiger partial charge in [-0.25, -0.2) is 0 Å². The Morgan fingerprint density at radius 3 is 2.61 bits per heavy atom. The van der Waals surface area contributed by atoms with Crippen LogP contribution >= 0.6 is 11.6 Å². The molecule has 0 saturated heterocycles. The van der Waals surface area contributed by atoms with E-state index < -0.39 is 5.54 Å². The van der Waals surface area contributed by atoms with Crippen LogP contribution in [0.5, 0.6) is 5.75 Å². The van der Waals surface area contributed by atoms with Crippen molar-refractivity contribution >= 4 is 17.3 Å². The quantitative estimate of drug-likeness (QED) is 0.361. The lowest BCUT2D eigenvalue weighted by Gasteiger charge is -2.24. The summed E-state index contributed by atoms with van der Waals surface area (Å²) < 4.78 is 5.49. The van der Waals surface area contributed by atoms with Crippen LogP contribution in [-0.2, 0) is 0 Å². The number of halogens is 1. The molecule has 0 aliphatic rings. The number of oxime groups is 1. The number of hydrogen-bond acceptors (Lipinski definition) is 4. The highest BCUT2D eigenvalue weighted by atomic mass is 35.5. The maximum absolute atomic E-state index is 9.01. The van der Waals surface area contributed by atoms with Crippen molar-refractivity contribution in [1.82, 2.24) is 0 Å². The van der Waals surface area contributed by atoms with E-state index in [-0.39, 0.29) is 6.61 Å². The van der Waals surface area contributed by atoms with Crippen molar-refractivity contribution in [2.75, 3.05) is 6.61 Å². The molecule has 1 aromatic rings. The summed E-state index contributed by atoms with van der Waals surface area (Å²) >= 11 is 5.77. The molecule has 1 atom stereocenters. The standard InChI is InChI=1S/C13H17ClN2O2/c1-3-13(15,4-2)12(16-17)9-18-11-7-5-10(14)6-8-11/h3,5-8,17H,1,4,9,15H2,2H3. The van der Waals surface area contributed by atoms with Gasteiger partial charge in [-0.2, -0.15) is 0 Å². The fraction of sp³-hybridized carbons (Fsp3) is 0.308. The Morgan fingerprint density at radius 1 is 1.56 bits per heavy atom. The predicted molar refractivity (Wildman–Crippen MR) is 73.6 cm³/mol. The predicted octanol–water partition coefficient (Wildman–Crippen LogP) is 2.84. The number of rotatable bonds is 6. The lowest BCUT2D eigenvalue weighted by Crippen LogP contribution is -2.48. The van der Waals surface area contributed by atoms with Gasteiger partial charge in [0.2, 0.25) is 0 Å². The van der Waals surface area contributed by atoms with Crippen LogP contribution < -0.4 is 10.5 Å². The topological polar surface area (TPSA) is 67.8 Å². The number of nitrogens with zero attached hydrogens (tertiary/aromatic N) is 1. The lowest BCUT2D eigenvalue weighted by atomic mass is 9.92. The fourth-order valence-electron chi connectivity index (χ4n) is 1.41. The average molecular weight is 269 g/mol. The second-order valence-corrected chi connectivity index (χ2v) is 4.32. The van der Waals surface area contributed by atoms with E-state index in [1.165, 1.54) is 0 Å². The fourth-order valence-corrected chi connectivity index (χ4v) is 1.53. The van der Waals surface area contributed by atoms with Gasteiger partial charge in [-0.05, 0) is 30.7 Å². The second kappa shape index (κ2) is 6.42. The van der Waals surface area contributed by atoms with Crippen molar-refractivity contribution in [3.8, 4) is 5.75 Å². The summed E-state index contributed by atoms with van der Waals surface area (Å²) in [5, 5.41) is 12.8. The SMILES string of the molecule is C=CC(N)(CC)C(COc1ccc(Cl)cc1)=NO. The van der Waals surface area contributed by atoms with Gasteiger partial charge in [-0.1, -0.05) is 29.8 Å². The van der Waals surface area contributed by atoms with Crippen LogP contribution in [0.3, 0.4) is 0 Å². The minimum atomic E-state index is -0.860. The van der Waals surface area contributed by atoms with Gasteiger partial charge >= 0.3 is 0 Å². The molecule has 4 nitrogen and oxygen atoms in total. The molecule has 0 spiro atoms. The number of nitrogens with two attached hydrogens (primary N) is 1. The summed E-state index contributed by atoms with van der Waals surface area (Å²) in [7, 11) is 0. The van der Waals surface area contributed by atoms with E-state index in [0.29, 0.717) is 22.9 Å². The molecule has 18 heavy (non-hydrogen) atoms. The van der Waals surface area contributed by atoms with Crippen molar-refractivity contribution in [3.63, 3.8) is 0 Å². The van der Waals surface area contributed by atoms with E-state index in [0.717, 1.165) is 0 Å². The Kier molecular flexibility index (Phi) is 5.19. The van der Waals surface area contributed by atoms with Crippen LogP contribution in [0.2, 0.25) is 5.02 Å².